The lowest BCUT2D eigenvalue weighted by Crippen LogP contribution is -2.40. The first-order valence-electron chi connectivity index (χ1n) is 8.48. The van der Waals surface area contributed by atoms with Gasteiger partial charge in [0.2, 0.25) is 10.0 Å². The Kier molecular flexibility index (Phi) is 7.87. The van der Waals surface area contributed by atoms with Crippen molar-refractivity contribution in [2.24, 2.45) is 5.73 Å². The Morgan fingerprint density at radius 3 is 2.52 bits per heavy atom. The number of likely N-dealkylation sites (tertiary alicyclic amines) is 1. The van der Waals surface area contributed by atoms with Crippen LogP contribution in [0.3, 0.4) is 0 Å². The van der Waals surface area contributed by atoms with Crippen molar-refractivity contribution in [3.8, 4) is 0 Å². The molecule has 1 aromatic rings. The number of hydrogen-bond donors (Lipinski definition) is 1. The minimum absolute atomic E-state index is 0. The number of amides is 1. The van der Waals surface area contributed by atoms with E-state index in [4.69, 9.17) is 5.73 Å². The van der Waals surface area contributed by atoms with Gasteiger partial charge in [0, 0.05) is 37.8 Å². The molecule has 1 heterocycles. The Hall–Kier alpha value is -1.15. The van der Waals surface area contributed by atoms with E-state index in [1.807, 2.05) is 6.92 Å². The second-order valence-electron chi connectivity index (χ2n) is 6.10. The van der Waals surface area contributed by atoms with Gasteiger partial charge in [-0.2, -0.15) is 4.31 Å². The first-order valence-corrected chi connectivity index (χ1v) is 9.92. The number of nitrogens with two attached hydrogens (primary N) is 1. The average Bonchev–Trinajstić information content (AvgIpc) is 3.04. The molecule has 1 aliphatic rings. The second-order valence-corrected chi connectivity index (χ2v) is 8.03. The number of carbonyl (C=O) groups excluding carboxylic acids is 1. The Labute approximate surface area is 156 Å². The summed E-state index contributed by atoms with van der Waals surface area (Å²) in [5.74, 6) is -0.128. The molecule has 1 aromatic carbocycles. The van der Waals surface area contributed by atoms with Crippen molar-refractivity contribution >= 4 is 28.3 Å². The molecule has 2 rings (SSSR count). The van der Waals surface area contributed by atoms with E-state index in [1.165, 1.54) is 10.4 Å². The Morgan fingerprint density at radius 1 is 1.32 bits per heavy atom. The molecule has 1 fully saturated rings. The van der Waals surface area contributed by atoms with Crippen molar-refractivity contribution in [2.45, 2.75) is 44.6 Å². The van der Waals surface area contributed by atoms with Crippen molar-refractivity contribution in [1.29, 1.82) is 0 Å². The van der Waals surface area contributed by atoms with Crippen molar-refractivity contribution < 1.29 is 13.2 Å². The van der Waals surface area contributed by atoms with E-state index in [9.17, 15) is 13.2 Å². The maximum Gasteiger partial charge on any atom is 0.254 e. The van der Waals surface area contributed by atoms with Crippen LogP contribution in [0, 0.1) is 6.92 Å². The quantitative estimate of drug-likeness (QED) is 0.806. The summed E-state index contributed by atoms with van der Waals surface area (Å²) < 4.78 is 26.8. The number of sulfonamides is 1. The third-order valence-corrected chi connectivity index (χ3v) is 6.74. The van der Waals surface area contributed by atoms with Crippen LogP contribution < -0.4 is 5.73 Å². The van der Waals surface area contributed by atoms with Crippen LogP contribution in [0.2, 0.25) is 0 Å². The highest BCUT2D eigenvalue weighted by molar-refractivity contribution is 7.89. The first-order chi connectivity index (χ1) is 11.4. The summed E-state index contributed by atoms with van der Waals surface area (Å²) in [5, 5.41) is 0. The van der Waals surface area contributed by atoms with E-state index in [1.54, 1.807) is 30.9 Å². The molecule has 0 spiro atoms. The molecule has 142 valence electrons. The maximum absolute atomic E-state index is 12.9. The lowest BCUT2D eigenvalue weighted by atomic mass is 10.1. The second kappa shape index (κ2) is 8.98. The van der Waals surface area contributed by atoms with Crippen LogP contribution in [0.25, 0.3) is 0 Å². The summed E-state index contributed by atoms with van der Waals surface area (Å²) in [6.45, 7) is 7.34. The highest BCUT2D eigenvalue weighted by Gasteiger charge is 2.30. The van der Waals surface area contributed by atoms with Crippen molar-refractivity contribution in [3.63, 3.8) is 0 Å². The van der Waals surface area contributed by atoms with Gasteiger partial charge in [0.25, 0.3) is 5.91 Å². The number of aryl methyl sites for hydroxylation is 1. The molecule has 0 saturated carbocycles. The number of halogens is 1. The third-order valence-electron chi connectivity index (χ3n) is 4.69. The van der Waals surface area contributed by atoms with Crippen molar-refractivity contribution in [2.75, 3.05) is 26.2 Å². The zero-order chi connectivity index (χ0) is 17.9. The summed E-state index contributed by atoms with van der Waals surface area (Å²) in [5.41, 5.74) is 6.98. The van der Waals surface area contributed by atoms with Crippen LogP contribution in [-0.2, 0) is 10.0 Å². The smallest absolute Gasteiger partial charge is 0.254 e. The Morgan fingerprint density at radius 2 is 1.96 bits per heavy atom. The van der Waals surface area contributed by atoms with Gasteiger partial charge in [0.15, 0.2) is 0 Å². The predicted octanol–water partition coefficient (Wildman–Crippen LogP) is 2.01. The summed E-state index contributed by atoms with van der Waals surface area (Å²) in [4.78, 5) is 14.8. The first kappa shape index (κ1) is 21.9. The third kappa shape index (κ3) is 4.34. The molecule has 1 atom stereocenters. The molecule has 0 aliphatic carbocycles. The average molecular weight is 390 g/mol. The zero-order valence-electron chi connectivity index (χ0n) is 15.1. The fourth-order valence-electron chi connectivity index (χ4n) is 3.21. The highest BCUT2D eigenvalue weighted by atomic mass is 35.5. The van der Waals surface area contributed by atoms with E-state index >= 15 is 0 Å². The molecule has 0 aromatic heterocycles. The maximum atomic E-state index is 12.9. The summed E-state index contributed by atoms with van der Waals surface area (Å²) in [6, 6.07) is 4.83. The highest BCUT2D eigenvalue weighted by Crippen LogP contribution is 2.24. The lowest BCUT2D eigenvalue weighted by Gasteiger charge is -2.25. The number of carbonyl (C=O) groups is 1. The molecule has 1 saturated heterocycles. The van der Waals surface area contributed by atoms with Gasteiger partial charge in [-0.1, -0.05) is 19.9 Å². The normalized spacial score (nSPS) is 17.6. The number of hydrogen-bond acceptors (Lipinski definition) is 4. The molecular weight excluding hydrogens is 362 g/mol. The lowest BCUT2D eigenvalue weighted by molar-refractivity contribution is 0.0740. The van der Waals surface area contributed by atoms with E-state index in [0.717, 1.165) is 18.4 Å². The number of nitrogens with zero attached hydrogens (tertiary/aromatic N) is 2. The van der Waals surface area contributed by atoms with Crippen LogP contribution in [0.15, 0.2) is 23.1 Å². The standard InChI is InChI=1S/C17H27N3O3S.ClH/c1-4-19(5-2)24(22,23)15-9-8-13(3)16(11-15)17(21)20-10-6-7-14(20)12-18;/h8-9,11,14H,4-7,10,12,18H2,1-3H3;1H. The molecule has 6 nitrogen and oxygen atoms in total. The van der Waals surface area contributed by atoms with Gasteiger partial charge in [-0.05, 0) is 37.5 Å². The SMILES string of the molecule is CCN(CC)S(=O)(=O)c1ccc(C)c(C(=O)N2CCCC2CN)c1.Cl. The molecule has 1 amide bonds. The van der Waals surface area contributed by atoms with Crippen LogP contribution in [0.1, 0.15) is 42.6 Å². The fraction of sp³-hybridized carbons (Fsp3) is 0.588. The molecule has 0 radical (unpaired) electrons. The van der Waals surface area contributed by atoms with Gasteiger partial charge < -0.3 is 10.6 Å². The van der Waals surface area contributed by atoms with Crippen molar-refractivity contribution in [1.82, 2.24) is 9.21 Å². The summed E-state index contributed by atoms with van der Waals surface area (Å²) >= 11 is 0. The van der Waals surface area contributed by atoms with Gasteiger partial charge in [0.1, 0.15) is 0 Å². The van der Waals surface area contributed by atoms with E-state index < -0.39 is 10.0 Å². The van der Waals surface area contributed by atoms with Gasteiger partial charge in [0.05, 0.1) is 4.90 Å². The molecule has 2 N–H and O–H groups in total. The topological polar surface area (TPSA) is 83.7 Å². The van der Waals surface area contributed by atoms with E-state index in [-0.39, 0.29) is 29.3 Å². The predicted molar refractivity (Wildman–Crippen MR) is 102 cm³/mol. The number of benzene rings is 1. The minimum Gasteiger partial charge on any atom is -0.334 e. The molecule has 0 bridgehead atoms. The van der Waals surface area contributed by atoms with Gasteiger partial charge in [-0.15, -0.1) is 12.4 Å². The van der Waals surface area contributed by atoms with Crippen LogP contribution in [0.4, 0.5) is 0 Å². The molecule has 1 aliphatic heterocycles. The minimum atomic E-state index is -3.58. The van der Waals surface area contributed by atoms with Crippen LogP contribution >= 0.6 is 12.4 Å². The van der Waals surface area contributed by atoms with Gasteiger partial charge in [-0.25, -0.2) is 8.42 Å². The number of rotatable bonds is 6. The largest absolute Gasteiger partial charge is 0.334 e. The Bertz CT molecular complexity index is 705. The summed E-state index contributed by atoms with van der Waals surface area (Å²) in [6.07, 6.45) is 1.84. The fourth-order valence-corrected chi connectivity index (χ4v) is 4.69. The van der Waals surface area contributed by atoms with E-state index in [0.29, 0.717) is 31.7 Å². The van der Waals surface area contributed by atoms with Gasteiger partial charge >= 0.3 is 0 Å². The van der Waals surface area contributed by atoms with E-state index in [2.05, 4.69) is 0 Å². The molecule has 25 heavy (non-hydrogen) atoms. The molecule has 8 heteroatoms. The monoisotopic (exact) mass is 389 g/mol. The van der Waals surface area contributed by atoms with Crippen molar-refractivity contribution in [3.05, 3.63) is 29.3 Å². The Balaban J connectivity index is 0.00000312. The summed E-state index contributed by atoms with van der Waals surface area (Å²) in [7, 11) is -3.58. The van der Waals surface area contributed by atoms with Crippen LogP contribution in [0.5, 0.6) is 0 Å². The van der Waals surface area contributed by atoms with Crippen LogP contribution in [-0.4, -0.2) is 55.8 Å². The van der Waals surface area contributed by atoms with Gasteiger partial charge in [-0.3, -0.25) is 4.79 Å². The molecular formula is C17H28ClN3O3S. The molecule has 1 unspecified atom stereocenters. The zero-order valence-corrected chi connectivity index (χ0v) is 16.7.